The van der Waals surface area contributed by atoms with Crippen molar-refractivity contribution in [2.24, 2.45) is 5.73 Å². The van der Waals surface area contributed by atoms with E-state index in [-0.39, 0.29) is 11.9 Å². The first-order valence-corrected chi connectivity index (χ1v) is 7.10. The molecular weight excluding hydrogens is 260 g/mol. The lowest BCUT2D eigenvalue weighted by atomic mass is 9.82. The molecule has 0 spiro atoms. The van der Waals surface area contributed by atoms with E-state index in [0.717, 1.165) is 31.5 Å². The number of hydrogen-bond donors (Lipinski definition) is 1. The minimum atomic E-state index is -0.522. The van der Waals surface area contributed by atoms with E-state index in [9.17, 15) is 4.79 Å². The smallest absolute Gasteiger partial charge is 0.232 e. The van der Waals surface area contributed by atoms with Crippen LogP contribution in [-0.4, -0.2) is 29.9 Å². The third-order valence-corrected chi connectivity index (χ3v) is 4.18. The highest BCUT2D eigenvalue weighted by Gasteiger charge is 2.34. The zero-order valence-electron chi connectivity index (χ0n) is 11.5. The maximum Gasteiger partial charge on any atom is 0.232 e. The highest BCUT2D eigenvalue weighted by Crippen LogP contribution is 2.28. The molecule has 1 aliphatic rings. The van der Waals surface area contributed by atoms with Crippen molar-refractivity contribution >= 4 is 17.5 Å². The van der Waals surface area contributed by atoms with Gasteiger partial charge in [0.15, 0.2) is 0 Å². The molecule has 1 aromatic carbocycles. The molecule has 1 heterocycles. The van der Waals surface area contributed by atoms with Crippen LogP contribution < -0.4 is 5.73 Å². The van der Waals surface area contributed by atoms with Crippen LogP contribution in [0.5, 0.6) is 0 Å². The van der Waals surface area contributed by atoms with Crippen LogP contribution in [0.2, 0.25) is 5.02 Å². The Morgan fingerprint density at radius 3 is 2.32 bits per heavy atom. The van der Waals surface area contributed by atoms with Gasteiger partial charge in [-0.2, -0.15) is 0 Å². The fraction of sp³-hybridized carbons (Fsp3) is 0.533. The van der Waals surface area contributed by atoms with Crippen molar-refractivity contribution in [2.75, 3.05) is 13.1 Å². The summed E-state index contributed by atoms with van der Waals surface area (Å²) in [5, 5.41) is 0.691. The van der Waals surface area contributed by atoms with E-state index in [4.69, 9.17) is 17.3 Å². The Morgan fingerprint density at radius 1 is 1.26 bits per heavy atom. The van der Waals surface area contributed by atoms with E-state index >= 15 is 0 Å². The van der Waals surface area contributed by atoms with Gasteiger partial charge in [-0.1, -0.05) is 23.7 Å². The maximum atomic E-state index is 12.7. The highest BCUT2D eigenvalue weighted by atomic mass is 35.5. The molecule has 0 radical (unpaired) electrons. The number of nitrogens with zero attached hydrogens (tertiary/aromatic N) is 1. The van der Waals surface area contributed by atoms with Crippen LogP contribution >= 0.6 is 11.6 Å². The van der Waals surface area contributed by atoms with E-state index in [1.807, 2.05) is 43.0 Å². The first kappa shape index (κ1) is 14.4. The van der Waals surface area contributed by atoms with E-state index < -0.39 is 5.41 Å². The number of rotatable bonds is 2. The minimum absolute atomic E-state index is 0.168. The van der Waals surface area contributed by atoms with Gasteiger partial charge >= 0.3 is 0 Å². The molecule has 0 atom stereocenters. The summed E-state index contributed by atoms with van der Waals surface area (Å²) in [5.74, 6) is 0.168. The van der Waals surface area contributed by atoms with Gasteiger partial charge in [0.05, 0.1) is 5.41 Å². The molecule has 2 N–H and O–H groups in total. The molecule has 2 rings (SSSR count). The van der Waals surface area contributed by atoms with Crippen molar-refractivity contribution in [3.63, 3.8) is 0 Å². The van der Waals surface area contributed by atoms with Gasteiger partial charge in [0.25, 0.3) is 0 Å². The van der Waals surface area contributed by atoms with Gasteiger partial charge in [0, 0.05) is 24.2 Å². The summed E-state index contributed by atoms with van der Waals surface area (Å²) >= 11 is 5.90. The molecule has 4 heteroatoms. The number of amides is 1. The molecule has 3 nitrogen and oxygen atoms in total. The van der Waals surface area contributed by atoms with Gasteiger partial charge in [-0.15, -0.1) is 0 Å². The lowest BCUT2D eigenvalue weighted by Gasteiger charge is -2.36. The van der Waals surface area contributed by atoms with Crippen LogP contribution in [0.15, 0.2) is 24.3 Å². The average Bonchev–Trinajstić information content (AvgIpc) is 2.39. The zero-order chi connectivity index (χ0) is 14.0. The summed E-state index contributed by atoms with van der Waals surface area (Å²) in [6, 6.07) is 7.75. The number of nitrogens with two attached hydrogens (primary N) is 1. The van der Waals surface area contributed by atoms with Crippen LogP contribution in [0.1, 0.15) is 32.3 Å². The molecule has 0 aromatic heterocycles. The fourth-order valence-corrected chi connectivity index (χ4v) is 2.61. The Kier molecular flexibility index (Phi) is 4.16. The third-order valence-electron chi connectivity index (χ3n) is 3.93. The lowest BCUT2D eigenvalue weighted by molar-refractivity contribution is -0.137. The number of hydrogen-bond acceptors (Lipinski definition) is 2. The molecule has 1 fully saturated rings. The predicted octanol–water partition coefficient (Wildman–Crippen LogP) is 2.57. The lowest BCUT2D eigenvalue weighted by Crippen LogP contribution is -2.49. The second-order valence-corrected chi connectivity index (χ2v) is 6.20. The number of likely N-dealkylation sites (tertiary alicyclic amines) is 1. The summed E-state index contributed by atoms with van der Waals surface area (Å²) < 4.78 is 0. The molecule has 1 aliphatic heterocycles. The van der Waals surface area contributed by atoms with Gasteiger partial charge in [0.2, 0.25) is 5.91 Å². The molecular formula is C15H21ClN2O. The second-order valence-electron chi connectivity index (χ2n) is 5.76. The largest absolute Gasteiger partial charge is 0.342 e. The van der Waals surface area contributed by atoms with Crippen LogP contribution in [0, 0.1) is 0 Å². The number of carbonyl (C=O) groups excluding carboxylic acids is 1. The molecule has 0 unspecified atom stereocenters. The molecule has 1 amide bonds. The summed E-state index contributed by atoms with van der Waals surface area (Å²) in [6.45, 7) is 5.45. The molecule has 1 saturated heterocycles. The van der Waals surface area contributed by atoms with Crippen molar-refractivity contribution in [1.82, 2.24) is 4.90 Å². The Labute approximate surface area is 119 Å². The molecule has 19 heavy (non-hydrogen) atoms. The molecule has 1 aromatic rings. The maximum absolute atomic E-state index is 12.7. The van der Waals surface area contributed by atoms with Crippen molar-refractivity contribution in [3.8, 4) is 0 Å². The fourth-order valence-electron chi connectivity index (χ4n) is 2.49. The van der Waals surface area contributed by atoms with Gasteiger partial charge in [-0.3, -0.25) is 4.79 Å². The Bertz CT molecular complexity index is 448. The summed E-state index contributed by atoms with van der Waals surface area (Å²) in [5.41, 5.74) is 6.36. The monoisotopic (exact) mass is 280 g/mol. The van der Waals surface area contributed by atoms with Crippen LogP contribution in [0.25, 0.3) is 0 Å². The van der Waals surface area contributed by atoms with E-state index in [1.165, 1.54) is 0 Å². The van der Waals surface area contributed by atoms with E-state index in [2.05, 4.69) is 0 Å². The first-order valence-electron chi connectivity index (χ1n) is 6.72. The topological polar surface area (TPSA) is 46.3 Å². The van der Waals surface area contributed by atoms with Crippen LogP contribution in [-0.2, 0) is 10.2 Å². The third kappa shape index (κ3) is 3.10. The quantitative estimate of drug-likeness (QED) is 0.905. The van der Waals surface area contributed by atoms with Gasteiger partial charge in [-0.25, -0.2) is 0 Å². The normalized spacial score (nSPS) is 17.6. The Morgan fingerprint density at radius 2 is 1.79 bits per heavy atom. The van der Waals surface area contributed by atoms with Crippen molar-refractivity contribution in [2.45, 2.75) is 38.1 Å². The number of piperidine rings is 1. The van der Waals surface area contributed by atoms with Gasteiger partial charge < -0.3 is 10.6 Å². The standard InChI is InChI=1S/C15H21ClN2O/c1-15(2,11-3-5-12(16)6-4-11)14(19)18-9-7-13(17)8-10-18/h3-6,13H,7-10,17H2,1-2H3. The predicted molar refractivity (Wildman–Crippen MR) is 78.3 cm³/mol. The number of halogens is 1. The van der Waals surface area contributed by atoms with Crippen molar-refractivity contribution in [3.05, 3.63) is 34.9 Å². The van der Waals surface area contributed by atoms with Crippen molar-refractivity contribution < 1.29 is 4.79 Å². The Hall–Kier alpha value is -1.06. The first-order chi connectivity index (χ1) is 8.91. The summed E-state index contributed by atoms with van der Waals surface area (Å²) in [6.07, 6.45) is 1.78. The van der Waals surface area contributed by atoms with Crippen molar-refractivity contribution in [1.29, 1.82) is 0 Å². The summed E-state index contributed by atoms with van der Waals surface area (Å²) in [7, 11) is 0. The van der Waals surface area contributed by atoms with E-state index in [1.54, 1.807) is 0 Å². The number of benzene rings is 1. The average molecular weight is 281 g/mol. The zero-order valence-corrected chi connectivity index (χ0v) is 12.3. The summed E-state index contributed by atoms with van der Waals surface area (Å²) in [4.78, 5) is 14.6. The molecule has 0 aliphatic carbocycles. The van der Waals surface area contributed by atoms with Crippen LogP contribution in [0.3, 0.4) is 0 Å². The van der Waals surface area contributed by atoms with Crippen LogP contribution in [0.4, 0.5) is 0 Å². The Balaban J connectivity index is 2.14. The van der Waals surface area contributed by atoms with E-state index in [0.29, 0.717) is 5.02 Å². The molecule has 0 bridgehead atoms. The van der Waals surface area contributed by atoms with Gasteiger partial charge in [0.1, 0.15) is 0 Å². The minimum Gasteiger partial charge on any atom is -0.342 e. The van der Waals surface area contributed by atoms with Gasteiger partial charge in [-0.05, 0) is 44.4 Å². The SMILES string of the molecule is CC(C)(C(=O)N1CCC(N)CC1)c1ccc(Cl)cc1. The molecule has 0 saturated carbocycles. The molecule has 104 valence electrons. The second kappa shape index (κ2) is 5.51. The number of carbonyl (C=O) groups is 1. The highest BCUT2D eigenvalue weighted by molar-refractivity contribution is 6.30.